The molecular weight excluding hydrogens is 386 g/mol. The van der Waals surface area contributed by atoms with E-state index in [0.29, 0.717) is 18.7 Å². The molecule has 0 atom stereocenters. The lowest BCUT2D eigenvalue weighted by Crippen LogP contribution is -2.49. The molecule has 156 valence electrons. The van der Waals surface area contributed by atoms with Crippen LogP contribution >= 0.6 is 0 Å². The summed E-state index contributed by atoms with van der Waals surface area (Å²) in [5, 5.41) is 11.0. The number of nitrogens with zero attached hydrogens (tertiary/aromatic N) is 3. The molecule has 1 amide bonds. The van der Waals surface area contributed by atoms with Crippen LogP contribution in [0.5, 0.6) is 0 Å². The van der Waals surface area contributed by atoms with Crippen LogP contribution in [0.1, 0.15) is 11.1 Å². The number of nitro benzene ring substituents is 1. The highest BCUT2D eigenvalue weighted by Crippen LogP contribution is 2.18. The number of esters is 1. The maximum Gasteiger partial charge on any atom is 0.331 e. The van der Waals surface area contributed by atoms with Crippen molar-refractivity contribution >= 4 is 23.6 Å². The summed E-state index contributed by atoms with van der Waals surface area (Å²) in [5.41, 5.74) is 1.42. The highest BCUT2D eigenvalue weighted by atomic mass is 16.6. The minimum atomic E-state index is -0.718. The van der Waals surface area contributed by atoms with Gasteiger partial charge in [0.05, 0.1) is 10.5 Å². The van der Waals surface area contributed by atoms with E-state index in [1.807, 2.05) is 18.2 Å². The molecule has 8 nitrogen and oxygen atoms in total. The lowest BCUT2D eigenvalue weighted by atomic mass is 10.1. The molecule has 1 aliphatic heterocycles. The van der Waals surface area contributed by atoms with Gasteiger partial charge in [-0.05, 0) is 17.7 Å². The number of carbonyl (C=O) groups is 2. The van der Waals surface area contributed by atoms with E-state index in [1.54, 1.807) is 17.0 Å². The van der Waals surface area contributed by atoms with E-state index in [-0.39, 0.29) is 18.2 Å². The van der Waals surface area contributed by atoms with Crippen LogP contribution in [0.25, 0.3) is 6.08 Å². The lowest BCUT2D eigenvalue weighted by molar-refractivity contribution is -0.385. The minimum Gasteiger partial charge on any atom is -0.452 e. The molecule has 1 aliphatic rings. The summed E-state index contributed by atoms with van der Waals surface area (Å²) in [4.78, 5) is 38.6. The first-order valence-corrected chi connectivity index (χ1v) is 9.65. The molecule has 8 heteroatoms. The molecule has 30 heavy (non-hydrogen) atoms. The van der Waals surface area contributed by atoms with Crippen LogP contribution in [0.4, 0.5) is 5.69 Å². The van der Waals surface area contributed by atoms with Gasteiger partial charge in [-0.3, -0.25) is 19.8 Å². The maximum atomic E-state index is 12.3. The van der Waals surface area contributed by atoms with Crippen LogP contribution in [0.3, 0.4) is 0 Å². The first kappa shape index (κ1) is 21.2. The van der Waals surface area contributed by atoms with E-state index in [1.165, 1.54) is 23.8 Å². The Morgan fingerprint density at radius 1 is 1.00 bits per heavy atom. The number of piperazine rings is 1. The van der Waals surface area contributed by atoms with E-state index < -0.39 is 10.9 Å². The first-order chi connectivity index (χ1) is 14.5. The molecule has 0 unspecified atom stereocenters. The van der Waals surface area contributed by atoms with Gasteiger partial charge in [0.25, 0.3) is 11.6 Å². The zero-order chi connectivity index (χ0) is 21.3. The second kappa shape index (κ2) is 10.3. The van der Waals surface area contributed by atoms with Gasteiger partial charge in [0.1, 0.15) is 0 Å². The van der Waals surface area contributed by atoms with Crippen molar-refractivity contribution in [3.05, 3.63) is 81.9 Å². The summed E-state index contributed by atoms with van der Waals surface area (Å²) < 4.78 is 5.00. The molecular formula is C22H23N3O5. The van der Waals surface area contributed by atoms with Crippen molar-refractivity contribution < 1.29 is 19.2 Å². The Balaban J connectivity index is 1.42. The predicted octanol–water partition coefficient (Wildman–Crippen LogP) is 2.50. The molecule has 2 aromatic rings. The van der Waals surface area contributed by atoms with Crippen LogP contribution in [-0.4, -0.2) is 59.4 Å². The Kier molecular flexibility index (Phi) is 7.29. The molecule has 1 saturated heterocycles. The molecule has 0 saturated carbocycles. The quantitative estimate of drug-likeness (QED) is 0.302. The van der Waals surface area contributed by atoms with Gasteiger partial charge >= 0.3 is 5.97 Å². The topological polar surface area (TPSA) is 93.0 Å². The normalized spacial score (nSPS) is 14.6. The summed E-state index contributed by atoms with van der Waals surface area (Å²) in [6, 6.07) is 16.2. The van der Waals surface area contributed by atoms with Crippen molar-refractivity contribution in [2.24, 2.45) is 0 Å². The number of nitro groups is 1. The van der Waals surface area contributed by atoms with Gasteiger partial charge < -0.3 is 9.64 Å². The highest BCUT2D eigenvalue weighted by Gasteiger charge is 2.21. The van der Waals surface area contributed by atoms with Gasteiger partial charge in [-0.1, -0.05) is 42.5 Å². The summed E-state index contributed by atoms with van der Waals surface area (Å²) in [5.74, 6) is -0.967. The Morgan fingerprint density at radius 2 is 1.67 bits per heavy atom. The number of hydrogen-bond acceptors (Lipinski definition) is 6. The minimum absolute atomic E-state index is 0.106. The Morgan fingerprint density at radius 3 is 2.37 bits per heavy atom. The second-order valence-electron chi connectivity index (χ2n) is 6.90. The SMILES string of the molecule is O=C(/C=C/c1ccccc1[N+](=O)[O-])OCC(=O)N1CCN(Cc2ccccc2)CC1. The van der Waals surface area contributed by atoms with Gasteiger partial charge in [-0.25, -0.2) is 4.79 Å². The number of para-hydroxylation sites is 1. The number of rotatable bonds is 7. The van der Waals surface area contributed by atoms with Gasteiger partial charge in [0.2, 0.25) is 0 Å². The number of amides is 1. The van der Waals surface area contributed by atoms with Crippen LogP contribution < -0.4 is 0 Å². The molecule has 0 aromatic heterocycles. The smallest absolute Gasteiger partial charge is 0.331 e. The molecule has 0 radical (unpaired) electrons. The summed E-state index contributed by atoms with van der Waals surface area (Å²) in [7, 11) is 0. The van der Waals surface area contributed by atoms with Crippen molar-refractivity contribution in [3.63, 3.8) is 0 Å². The third-order valence-electron chi connectivity index (χ3n) is 4.84. The fraction of sp³-hybridized carbons (Fsp3) is 0.273. The van der Waals surface area contributed by atoms with E-state index in [0.717, 1.165) is 25.7 Å². The van der Waals surface area contributed by atoms with Gasteiger partial charge in [-0.2, -0.15) is 0 Å². The largest absolute Gasteiger partial charge is 0.452 e. The summed E-state index contributed by atoms with van der Waals surface area (Å²) >= 11 is 0. The molecule has 2 aromatic carbocycles. The van der Waals surface area contributed by atoms with Crippen molar-refractivity contribution in [2.75, 3.05) is 32.8 Å². The van der Waals surface area contributed by atoms with Crippen LogP contribution in [0, 0.1) is 10.1 Å². The van der Waals surface area contributed by atoms with E-state index in [9.17, 15) is 19.7 Å². The summed E-state index contributed by atoms with van der Waals surface area (Å²) in [6.07, 6.45) is 2.40. The summed E-state index contributed by atoms with van der Waals surface area (Å²) in [6.45, 7) is 3.16. The Labute approximate surface area is 174 Å². The fourth-order valence-electron chi connectivity index (χ4n) is 3.22. The van der Waals surface area contributed by atoms with Crippen LogP contribution in [0.15, 0.2) is 60.7 Å². The van der Waals surface area contributed by atoms with Crippen molar-refractivity contribution in [1.82, 2.24) is 9.80 Å². The molecule has 0 spiro atoms. The Bertz CT molecular complexity index is 921. The molecule has 1 heterocycles. The first-order valence-electron chi connectivity index (χ1n) is 9.65. The lowest BCUT2D eigenvalue weighted by Gasteiger charge is -2.34. The zero-order valence-electron chi connectivity index (χ0n) is 16.5. The van der Waals surface area contributed by atoms with Gasteiger partial charge in [-0.15, -0.1) is 0 Å². The number of carbonyl (C=O) groups excluding carboxylic acids is 2. The monoisotopic (exact) mass is 409 g/mol. The molecule has 0 bridgehead atoms. The van der Waals surface area contributed by atoms with Crippen molar-refractivity contribution in [1.29, 1.82) is 0 Å². The Hall–Kier alpha value is -3.52. The molecule has 3 rings (SSSR count). The zero-order valence-corrected chi connectivity index (χ0v) is 16.5. The molecule has 0 N–H and O–H groups in total. The highest BCUT2D eigenvalue weighted by molar-refractivity contribution is 5.90. The predicted molar refractivity (Wildman–Crippen MR) is 111 cm³/mol. The van der Waals surface area contributed by atoms with E-state index >= 15 is 0 Å². The van der Waals surface area contributed by atoms with Crippen molar-refractivity contribution in [3.8, 4) is 0 Å². The van der Waals surface area contributed by atoms with E-state index in [4.69, 9.17) is 4.74 Å². The third kappa shape index (κ3) is 5.99. The molecule has 1 fully saturated rings. The van der Waals surface area contributed by atoms with E-state index in [2.05, 4.69) is 17.0 Å². The number of hydrogen-bond donors (Lipinski definition) is 0. The number of benzene rings is 2. The number of ether oxygens (including phenoxy) is 1. The maximum absolute atomic E-state index is 12.3. The van der Waals surface area contributed by atoms with Gasteiger partial charge in [0, 0.05) is 44.9 Å². The van der Waals surface area contributed by atoms with Crippen molar-refractivity contribution in [2.45, 2.75) is 6.54 Å². The average Bonchev–Trinajstić information content (AvgIpc) is 2.77. The molecule has 0 aliphatic carbocycles. The standard InChI is InChI=1S/C22H23N3O5/c26-21(24-14-12-23(13-15-24)16-18-6-2-1-3-7-18)17-30-22(27)11-10-19-8-4-5-9-20(19)25(28)29/h1-11H,12-17H2/b11-10+. The second-order valence-corrected chi connectivity index (χ2v) is 6.90. The van der Waals surface area contributed by atoms with Crippen LogP contribution in [-0.2, 0) is 20.9 Å². The fourth-order valence-corrected chi connectivity index (χ4v) is 3.22. The van der Waals surface area contributed by atoms with Gasteiger partial charge in [0.15, 0.2) is 6.61 Å². The third-order valence-corrected chi connectivity index (χ3v) is 4.84. The average molecular weight is 409 g/mol. The van der Waals surface area contributed by atoms with Crippen LogP contribution in [0.2, 0.25) is 0 Å².